The third kappa shape index (κ3) is 2.94. The van der Waals surface area contributed by atoms with Crippen molar-refractivity contribution in [1.82, 2.24) is 9.13 Å². The van der Waals surface area contributed by atoms with E-state index in [2.05, 4.69) is 0 Å². The van der Waals surface area contributed by atoms with Gasteiger partial charge >= 0.3 is 12.2 Å². The van der Waals surface area contributed by atoms with Crippen LogP contribution in [0.25, 0.3) is 5.69 Å². The van der Waals surface area contributed by atoms with Crippen LogP contribution < -0.4 is 11.2 Å². The van der Waals surface area contributed by atoms with Crippen molar-refractivity contribution in [2.75, 3.05) is 0 Å². The van der Waals surface area contributed by atoms with Gasteiger partial charge in [0.05, 0.1) is 15.7 Å². The molecule has 10 heteroatoms. The fourth-order valence-corrected chi connectivity index (χ4v) is 2.89. The summed E-state index contributed by atoms with van der Waals surface area (Å²) in [5.41, 5.74) is -2.56. The van der Waals surface area contributed by atoms with Gasteiger partial charge in [-0.3, -0.25) is 4.79 Å². The van der Waals surface area contributed by atoms with Crippen molar-refractivity contribution in [3.8, 4) is 5.69 Å². The molecule has 0 spiro atoms. The molecule has 1 aromatic heterocycles. The number of alkyl halides is 2. The lowest BCUT2D eigenvalue weighted by Gasteiger charge is -2.13. The molecule has 1 aromatic carbocycles. The summed E-state index contributed by atoms with van der Waals surface area (Å²) in [5, 5.41) is -0.827. The maximum absolute atomic E-state index is 12.9. The zero-order valence-corrected chi connectivity index (χ0v) is 12.8. The van der Waals surface area contributed by atoms with Gasteiger partial charge < -0.3 is 0 Å². The van der Waals surface area contributed by atoms with E-state index in [-0.39, 0.29) is 25.3 Å². The van der Waals surface area contributed by atoms with E-state index in [1.807, 2.05) is 0 Å². The molecule has 4 nitrogen and oxygen atoms in total. The van der Waals surface area contributed by atoms with Crippen molar-refractivity contribution in [2.24, 2.45) is 0 Å². The average Bonchev–Trinajstić information content (AvgIpc) is 2.30. The molecule has 1 heterocycles. The summed E-state index contributed by atoms with van der Waals surface area (Å²) in [4.78, 5) is 23.9. The van der Waals surface area contributed by atoms with Crippen LogP contribution in [0.4, 0.5) is 8.78 Å². The van der Waals surface area contributed by atoms with Crippen molar-refractivity contribution in [3.05, 3.63) is 59.3 Å². The molecule has 0 aliphatic rings. The second kappa shape index (κ2) is 5.96. The topological polar surface area (TPSA) is 44.0 Å². The van der Waals surface area contributed by atoms with Crippen LogP contribution in [-0.4, -0.2) is 9.13 Å². The van der Waals surface area contributed by atoms with E-state index in [9.17, 15) is 18.4 Å². The van der Waals surface area contributed by atoms with Crippen molar-refractivity contribution in [3.63, 3.8) is 0 Å². The molecule has 0 N–H and O–H groups in total. The van der Waals surface area contributed by atoms with Gasteiger partial charge in [0, 0.05) is 11.1 Å². The highest BCUT2D eigenvalue weighted by Gasteiger charge is 2.21. The Morgan fingerprint density at radius 2 is 1.48 bits per heavy atom. The minimum absolute atomic E-state index is 0.0653. The van der Waals surface area contributed by atoms with Gasteiger partial charge in [-0.15, -0.1) is 0 Å². The first-order chi connectivity index (χ1) is 9.73. The van der Waals surface area contributed by atoms with Crippen molar-refractivity contribution >= 4 is 46.4 Å². The lowest BCUT2D eigenvalue weighted by molar-refractivity contribution is 0.0641. The van der Waals surface area contributed by atoms with Gasteiger partial charge in [0.2, 0.25) is 0 Å². The van der Waals surface area contributed by atoms with E-state index in [0.717, 1.165) is 0 Å². The summed E-state index contributed by atoms with van der Waals surface area (Å²) in [6.07, 6.45) is 0. The summed E-state index contributed by atoms with van der Waals surface area (Å²) in [5.74, 6) is 0. The van der Waals surface area contributed by atoms with E-state index in [1.165, 1.54) is 12.1 Å². The summed E-state index contributed by atoms with van der Waals surface area (Å²) >= 11 is 23.0. The Hall–Kier alpha value is -1.08. The van der Waals surface area contributed by atoms with Crippen LogP contribution in [0.15, 0.2) is 27.8 Å². The summed E-state index contributed by atoms with van der Waals surface area (Å²) in [6.45, 7) is -3.23. The highest BCUT2D eigenvalue weighted by Crippen LogP contribution is 2.31. The standard InChI is InChI=1S/C11H4Cl4F2N2O2/c12-4-1-5(13)9(6(14)2-4)19-8(20)3-7(15)18(10(16)17)11(19)21/h1-3,10H. The van der Waals surface area contributed by atoms with Crippen LogP contribution in [-0.2, 0) is 0 Å². The van der Waals surface area contributed by atoms with E-state index in [4.69, 9.17) is 46.4 Å². The third-order valence-electron chi connectivity index (χ3n) is 2.49. The fourth-order valence-electron chi connectivity index (χ4n) is 1.66. The zero-order valence-electron chi connectivity index (χ0n) is 9.79. The second-order valence-corrected chi connectivity index (χ2v) is 5.43. The Balaban J connectivity index is 2.93. The molecule has 0 atom stereocenters. The molecular weight excluding hydrogens is 372 g/mol. The molecule has 2 rings (SSSR count). The molecule has 0 fully saturated rings. The first kappa shape index (κ1) is 16.3. The van der Waals surface area contributed by atoms with Gasteiger partial charge in [-0.1, -0.05) is 46.4 Å². The molecule has 0 radical (unpaired) electrons. The van der Waals surface area contributed by atoms with Crippen LogP contribution in [0, 0.1) is 0 Å². The predicted octanol–water partition coefficient (Wildman–Crippen LogP) is 4.01. The smallest absolute Gasteiger partial charge is 0.269 e. The Kier molecular flexibility index (Phi) is 4.63. The van der Waals surface area contributed by atoms with Crippen molar-refractivity contribution in [2.45, 2.75) is 6.55 Å². The molecule has 0 aliphatic heterocycles. The van der Waals surface area contributed by atoms with Crippen LogP contribution in [0.3, 0.4) is 0 Å². The van der Waals surface area contributed by atoms with Gasteiger partial charge in [0.25, 0.3) is 5.56 Å². The summed E-state index contributed by atoms with van der Waals surface area (Å²) in [6, 6.07) is 3.10. The normalized spacial score (nSPS) is 11.2. The quantitative estimate of drug-likeness (QED) is 0.744. The number of rotatable bonds is 2. The number of aromatic nitrogens is 2. The second-order valence-electron chi connectivity index (χ2n) is 3.79. The average molecular weight is 376 g/mol. The maximum atomic E-state index is 12.9. The first-order valence-corrected chi connectivity index (χ1v) is 6.72. The number of hydrogen-bond donors (Lipinski definition) is 0. The number of nitrogens with zero attached hydrogens (tertiary/aromatic N) is 2. The monoisotopic (exact) mass is 374 g/mol. The Bertz CT molecular complexity index is 809. The predicted molar refractivity (Wildman–Crippen MR) is 77.6 cm³/mol. The number of benzene rings is 1. The van der Waals surface area contributed by atoms with Gasteiger partial charge in [-0.2, -0.15) is 8.78 Å². The van der Waals surface area contributed by atoms with Gasteiger partial charge in [-0.25, -0.2) is 13.9 Å². The van der Waals surface area contributed by atoms with E-state index in [0.29, 0.717) is 10.6 Å². The van der Waals surface area contributed by atoms with E-state index < -0.39 is 23.0 Å². The Labute approximate surface area is 136 Å². The lowest BCUT2D eigenvalue weighted by atomic mass is 10.3. The third-order valence-corrected chi connectivity index (χ3v) is 3.58. The largest absolute Gasteiger partial charge is 0.341 e. The summed E-state index contributed by atoms with van der Waals surface area (Å²) in [7, 11) is 0. The highest BCUT2D eigenvalue weighted by atomic mass is 35.5. The summed E-state index contributed by atoms with van der Waals surface area (Å²) < 4.78 is 26.1. The molecule has 0 aliphatic carbocycles. The molecule has 0 saturated heterocycles. The van der Waals surface area contributed by atoms with E-state index in [1.54, 1.807) is 0 Å². The molecule has 0 amide bonds. The van der Waals surface area contributed by atoms with E-state index >= 15 is 0 Å². The minimum atomic E-state index is -3.23. The Morgan fingerprint density at radius 1 is 0.952 bits per heavy atom. The minimum Gasteiger partial charge on any atom is -0.269 e. The fraction of sp³-hybridized carbons (Fsp3) is 0.0909. The molecule has 21 heavy (non-hydrogen) atoms. The molecule has 0 saturated carbocycles. The molecular formula is C11H4Cl4F2N2O2. The van der Waals surface area contributed by atoms with Crippen LogP contribution in [0.5, 0.6) is 0 Å². The first-order valence-electron chi connectivity index (χ1n) is 5.21. The SMILES string of the molecule is O=c1cc(Cl)n(C(F)F)c(=O)n1-c1c(Cl)cc(Cl)cc1Cl. The van der Waals surface area contributed by atoms with Gasteiger partial charge in [0.15, 0.2) is 0 Å². The molecule has 0 bridgehead atoms. The van der Waals surface area contributed by atoms with Crippen LogP contribution in [0.2, 0.25) is 20.2 Å². The Morgan fingerprint density at radius 3 is 1.95 bits per heavy atom. The lowest BCUT2D eigenvalue weighted by Crippen LogP contribution is -2.39. The van der Waals surface area contributed by atoms with Crippen molar-refractivity contribution < 1.29 is 8.78 Å². The maximum Gasteiger partial charge on any atom is 0.341 e. The van der Waals surface area contributed by atoms with Gasteiger partial charge in [0.1, 0.15) is 5.15 Å². The number of halogens is 6. The molecule has 2 aromatic rings. The number of hydrogen-bond acceptors (Lipinski definition) is 2. The van der Waals surface area contributed by atoms with Crippen molar-refractivity contribution in [1.29, 1.82) is 0 Å². The van der Waals surface area contributed by atoms with Crippen LogP contribution >= 0.6 is 46.4 Å². The highest BCUT2D eigenvalue weighted by molar-refractivity contribution is 6.40. The zero-order chi connectivity index (χ0) is 15.9. The molecule has 112 valence electrons. The van der Waals surface area contributed by atoms with Gasteiger partial charge in [-0.05, 0) is 12.1 Å². The molecule has 0 unspecified atom stereocenters. The van der Waals surface area contributed by atoms with Crippen LogP contribution in [0.1, 0.15) is 6.55 Å².